The molecule has 0 heterocycles. The molecule has 0 radical (unpaired) electrons. The van der Waals surface area contributed by atoms with Crippen LogP contribution in [-0.2, 0) is 9.88 Å². The number of hydrogen-bond acceptors (Lipinski definition) is 1. The van der Waals surface area contributed by atoms with Crippen LogP contribution in [0.3, 0.4) is 0 Å². The molecule has 0 aliphatic carbocycles. The molecule has 1 aromatic carbocycles. The summed E-state index contributed by atoms with van der Waals surface area (Å²) in [6.45, 7) is 0. The molecule has 0 aliphatic rings. The van der Waals surface area contributed by atoms with Crippen LogP contribution in [0.2, 0.25) is 0 Å². The quantitative estimate of drug-likeness (QED) is 0.563. The molecule has 0 bridgehead atoms. The third kappa shape index (κ3) is 4.90. The molecule has 0 aliphatic heterocycles. The first kappa shape index (κ1) is 11.1. The Morgan fingerprint density at radius 3 is 2.33 bits per heavy atom. The molecule has 66 valence electrons. The molecule has 0 fully saturated rings. The summed E-state index contributed by atoms with van der Waals surface area (Å²) in [5.41, 5.74) is 1.29. The van der Waals surface area contributed by atoms with Crippen LogP contribution >= 0.6 is 3.21 Å². The van der Waals surface area contributed by atoms with Crippen molar-refractivity contribution in [2.45, 2.75) is 5.32 Å². The molecular formula is C7H9OPSe3. The van der Waals surface area contributed by atoms with Crippen molar-refractivity contribution in [2.75, 3.05) is 0 Å². The van der Waals surface area contributed by atoms with Crippen LogP contribution in [0, 0.1) is 0 Å². The van der Waals surface area contributed by atoms with Gasteiger partial charge in [-0.3, -0.25) is 0 Å². The van der Waals surface area contributed by atoms with Crippen LogP contribution < -0.4 is 0 Å². The Morgan fingerprint density at radius 1 is 1.25 bits per heavy atom. The second kappa shape index (κ2) is 5.03. The van der Waals surface area contributed by atoms with E-state index >= 15 is 0 Å². The second-order valence-corrected chi connectivity index (χ2v) is 28.4. The molecule has 0 spiro atoms. The van der Waals surface area contributed by atoms with Gasteiger partial charge < -0.3 is 0 Å². The van der Waals surface area contributed by atoms with Gasteiger partial charge in [-0.2, -0.15) is 0 Å². The normalized spacial score (nSPS) is 11.5. The van der Waals surface area contributed by atoms with Crippen LogP contribution in [0.15, 0.2) is 30.3 Å². The third-order valence-corrected chi connectivity index (χ3v) is 12.9. The summed E-state index contributed by atoms with van der Waals surface area (Å²) in [5.74, 6) is 0. The van der Waals surface area contributed by atoms with Crippen molar-refractivity contribution in [1.82, 2.24) is 0 Å². The fourth-order valence-corrected chi connectivity index (χ4v) is 7.23. The summed E-state index contributed by atoms with van der Waals surface area (Å²) in [6.07, 6.45) is 0. The average Bonchev–Trinajstić information content (AvgIpc) is 2.02. The summed E-state index contributed by atoms with van der Waals surface area (Å²) in [6, 6.07) is 10.2. The minimum absolute atomic E-state index is 0.217. The van der Waals surface area contributed by atoms with Crippen LogP contribution in [0.4, 0.5) is 0 Å². The molecule has 0 aromatic heterocycles. The van der Waals surface area contributed by atoms with Gasteiger partial charge >= 0.3 is 94.6 Å². The van der Waals surface area contributed by atoms with Crippen LogP contribution in [0.5, 0.6) is 0 Å². The first-order chi connectivity index (χ1) is 5.58. The van der Waals surface area contributed by atoms with E-state index in [0.717, 1.165) is 5.32 Å². The summed E-state index contributed by atoms with van der Waals surface area (Å²) < 4.78 is 9.47. The summed E-state index contributed by atoms with van der Waals surface area (Å²) in [5, 5.41) is 0.967. The number of hydrogen-bond donors (Lipinski definition) is 0. The van der Waals surface area contributed by atoms with E-state index in [0.29, 0.717) is 0 Å². The SMILES string of the molecule is O=P([SeH])([SeH])[Se]Cc1ccccc1. The van der Waals surface area contributed by atoms with Gasteiger partial charge in [0, 0.05) is 0 Å². The van der Waals surface area contributed by atoms with E-state index in [4.69, 9.17) is 0 Å². The Balaban J connectivity index is 2.50. The van der Waals surface area contributed by atoms with Crippen LogP contribution in [0.25, 0.3) is 0 Å². The van der Waals surface area contributed by atoms with E-state index in [1.807, 2.05) is 18.2 Å². The van der Waals surface area contributed by atoms with Gasteiger partial charge in [0.1, 0.15) is 0 Å². The molecule has 1 rings (SSSR count). The zero-order valence-corrected chi connectivity index (χ0v) is 12.6. The molecule has 0 unspecified atom stereocenters. The Kier molecular flexibility index (Phi) is 4.65. The molecule has 0 saturated heterocycles. The number of benzene rings is 1. The van der Waals surface area contributed by atoms with Crippen molar-refractivity contribution in [2.24, 2.45) is 0 Å². The standard InChI is InChI=1S/C7H9OPSe3/c8-9(10,11)12-6-7-4-2-1-3-5-7/h1-5H,6H2,(H2,8,10,11). The van der Waals surface area contributed by atoms with Crippen molar-refractivity contribution < 1.29 is 4.57 Å². The molecule has 0 N–H and O–H groups in total. The maximum absolute atomic E-state index is 11.4. The van der Waals surface area contributed by atoms with Gasteiger partial charge in [0.25, 0.3) is 0 Å². The van der Waals surface area contributed by atoms with Crippen molar-refractivity contribution in [1.29, 1.82) is 0 Å². The first-order valence-corrected chi connectivity index (χ1v) is 13.4. The molecule has 0 saturated carbocycles. The fourth-order valence-electron chi connectivity index (χ4n) is 0.733. The van der Waals surface area contributed by atoms with Crippen molar-refractivity contribution in [3.8, 4) is 0 Å². The third-order valence-electron chi connectivity index (χ3n) is 1.24. The Bertz CT molecular complexity index is 282. The van der Waals surface area contributed by atoms with Gasteiger partial charge in [-0.1, -0.05) is 0 Å². The Labute approximate surface area is 94.1 Å². The second-order valence-electron chi connectivity index (χ2n) is 2.25. The fraction of sp³-hybridized carbons (Fsp3) is 0.143. The molecule has 5 heteroatoms. The van der Waals surface area contributed by atoms with Crippen molar-refractivity contribution >= 4 is 48.9 Å². The van der Waals surface area contributed by atoms with Gasteiger partial charge in [0.15, 0.2) is 0 Å². The summed E-state index contributed by atoms with van der Waals surface area (Å²) in [7, 11) is 0. The maximum atomic E-state index is 11.4. The van der Waals surface area contributed by atoms with Crippen LogP contribution in [-0.4, -0.2) is 45.7 Å². The average molecular weight is 377 g/mol. The molecule has 0 atom stereocenters. The van der Waals surface area contributed by atoms with Crippen LogP contribution in [0.1, 0.15) is 5.56 Å². The zero-order chi connectivity index (χ0) is 9.03. The predicted molar refractivity (Wildman–Crippen MR) is 57.8 cm³/mol. The van der Waals surface area contributed by atoms with Gasteiger partial charge in [0.2, 0.25) is 0 Å². The molecular weight excluding hydrogens is 368 g/mol. The zero-order valence-electron chi connectivity index (χ0n) is 6.25. The minimum atomic E-state index is -1.89. The molecule has 1 nitrogen and oxygen atoms in total. The van der Waals surface area contributed by atoms with Gasteiger partial charge in [-0.05, 0) is 0 Å². The summed E-state index contributed by atoms with van der Waals surface area (Å²) >= 11 is 4.80. The monoisotopic (exact) mass is 380 g/mol. The van der Waals surface area contributed by atoms with Crippen molar-refractivity contribution in [3.63, 3.8) is 0 Å². The van der Waals surface area contributed by atoms with E-state index in [1.54, 1.807) is 0 Å². The Hall–Kier alpha value is 1.01. The van der Waals surface area contributed by atoms with Gasteiger partial charge in [-0.15, -0.1) is 0 Å². The topological polar surface area (TPSA) is 17.1 Å². The molecule has 0 amide bonds. The Morgan fingerprint density at radius 2 is 1.83 bits per heavy atom. The summed E-state index contributed by atoms with van der Waals surface area (Å²) in [4.78, 5) is 0. The van der Waals surface area contributed by atoms with E-state index in [-0.39, 0.29) is 14.5 Å². The predicted octanol–water partition coefficient (Wildman–Crippen LogP) is 0.800. The van der Waals surface area contributed by atoms with E-state index < -0.39 is 3.21 Å². The van der Waals surface area contributed by atoms with Crippen molar-refractivity contribution in [3.05, 3.63) is 35.9 Å². The van der Waals surface area contributed by atoms with Gasteiger partial charge in [0.05, 0.1) is 0 Å². The number of rotatable bonds is 3. The van der Waals surface area contributed by atoms with E-state index in [9.17, 15) is 4.57 Å². The van der Waals surface area contributed by atoms with E-state index in [1.165, 1.54) is 5.56 Å². The first-order valence-electron chi connectivity index (χ1n) is 3.32. The van der Waals surface area contributed by atoms with E-state index in [2.05, 4.69) is 43.3 Å². The molecule has 1 aromatic rings. The molecule has 12 heavy (non-hydrogen) atoms. The van der Waals surface area contributed by atoms with Gasteiger partial charge in [-0.25, -0.2) is 0 Å².